The zero-order valence-corrected chi connectivity index (χ0v) is 16.4. The highest BCUT2D eigenvalue weighted by Crippen LogP contribution is 2.33. The Hall–Kier alpha value is -2.88. The number of carbonyl (C=O) groups excluding carboxylic acids is 2. The number of hydrogen-bond donors (Lipinski definition) is 1. The number of hydrogen-bond acceptors (Lipinski definition) is 7. The van der Waals surface area contributed by atoms with Gasteiger partial charge in [0.25, 0.3) is 5.91 Å². The number of esters is 1. The van der Waals surface area contributed by atoms with Gasteiger partial charge in [0.15, 0.2) is 9.90 Å². The maximum atomic E-state index is 12.2. The van der Waals surface area contributed by atoms with E-state index in [1.54, 1.807) is 18.2 Å². The van der Waals surface area contributed by atoms with Crippen molar-refractivity contribution in [1.82, 2.24) is 9.58 Å². The van der Waals surface area contributed by atoms with Gasteiger partial charge in [0, 0.05) is 24.8 Å². The fourth-order valence-corrected chi connectivity index (χ4v) is 4.03. The number of hydrazine groups is 1. The molecule has 1 saturated heterocycles. The minimum Gasteiger partial charge on any atom is -0.464 e. The maximum absolute atomic E-state index is 12.2. The Kier molecular flexibility index (Phi) is 4.80. The lowest BCUT2D eigenvalue weighted by Crippen LogP contribution is -2.34. The van der Waals surface area contributed by atoms with Crippen molar-refractivity contribution in [3.8, 4) is 0 Å². The SMILES string of the molecule is COC(=O)c1cc2oc(/C=C3/SC(=S)N(N)C3=O)cc2n1Cc1ccccc1. The molecular formula is C19H15N3O4S2. The zero-order chi connectivity index (χ0) is 19.8. The number of amides is 1. The molecule has 7 nitrogen and oxygen atoms in total. The third-order valence-corrected chi connectivity index (χ3v) is 5.61. The minimum absolute atomic E-state index is 0.286. The van der Waals surface area contributed by atoms with Crippen LogP contribution in [0.3, 0.4) is 0 Å². The lowest BCUT2D eigenvalue weighted by atomic mass is 10.2. The van der Waals surface area contributed by atoms with Crippen LogP contribution < -0.4 is 5.84 Å². The summed E-state index contributed by atoms with van der Waals surface area (Å²) < 4.78 is 12.8. The molecule has 1 amide bonds. The van der Waals surface area contributed by atoms with Crippen molar-refractivity contribution in [3.05, 3.63) is 64.4 Å². The number of nitrogens with two attached hydrogens (primary N) is 1. The Labute approximate surface area is 169 Å². The number of furan rings is 1. The van der Waals surface area contributed by atoms with E-state index in [1.165, 1.54) is 7.11 Å². The largest absolute Gasteiger partial charge is 0.464 e. The van der Waals surface area contributed by atoms with Crippen LogP contribution in [0.2, 0.25) is 0 Å². The molecule has 2 N–H and O–H groups in total. The molecule has 3 heterocycles. The monoisotopic (exact) mass is 413 g/mol. The number of carbonyl (C=O) groups is 2. The van der Waals surface area contributed by atoms with E-state index in [1.807, 2.05) is 34.9 Å². The van der Waals surface area contributed by atoms with Crippen molar-refractivity contribution >= 4 is 57.4 Å². The molecule has 9 heteroatoms. The minimum atomic E-state index is -0.451. The van der Waals surface area contributed by atoms with Crippen molar-refractivity contribution in [2.24, 2.45) is 5.84 Å². The summed E-state index contributed by atoms with van der Waals surface area (Å²) in [5.41, 5.74) is 2.65. The van der Waals surface area contributed by atoms with Gasteiger partial charge in [0.05, 0.1) is 17.5 Å². The van der Waals surface area contributed by atoms with Gasteiger partial charge in [-0.05, 0) is 5.56 Å². The Morgan fingerprint density at radius 2 is 2.07 bits per heavy atom. The molecule has 0 spiro atoms. The van der Waals surface area contributed by atoms with E-state index in [4.69, 9.17) is 27.2 Å². The summed E-state index contributed by atoms with van der Waals surface area (Å²) >= 11 is 6.14. The average molecular weight is 413 g/mol. The highest BCUT2D eigenvalue weighted by Gasteiger charge is 2.30. The Morgan fingerprint density at radius 3 is 2.71 bits per heavy atom. The number of nitrogens with zero attached hydrogens (tertiary/aromatic N) is 2. The molecule has 3 aromatic rings. The molecule has 0 atom stereocenters. The number of methoxy groups -OCH3 is 1. The van der Waals surface area contributed by atoms with Gasteiger partial charge in [-0.15, -0.1) is 0 Å². The number of thioether (sulfide) groups is 1. The summed E-state index contributed by atoms with van der Waals surface area (Å²) in [7, 11) is 1.34. The predicted molar refractivity (Wildman–Crippen MR) is 110 cm³/mol. The summed E-state index contributed by atoms with van der Waals surface area (Å²) in [4.78, 5) is 24.7. The zero-order valence-electron chi connectivity index (χ0n) is 14.7. The van der Waals surface area contributed by atoms with Crippen LogP contribution in [0.25, 0.3) is 17.2 Å². The second kappa shape index (κ2) is 7.27. The quantitative estimate of drug-likeness (QED) is 0.231. The Balaban J connectivity index is 1.76. The van der Waals surface area contributed by atoms with Crippen LogP contribution in [-0.4, -0.2) is 32.9 Å². The summed E-state index contributed by atoms with van der Waals surface area (Å²) in [6, 6.07) is 13.1. The maximum Gasteiger partial charge on any atom is 0.354 e. The van der Waals surface area contributed by atoms with Gasteiger partial charge >= 0.3 is 5.97 Å². The van der Waals surface area contributed by atoms with Crippen LogP contribution in [0.4, 0.5) is 0 Å². The molecule has 1 fully saturated rings. The molecule has 0 saturated carbocycles. The smallest absolute Gasteiger partial charge is 0.354 e. The average Bonchev–Trinajstić information content (AvgIpc) is 3.31. The first-order valence-electron chi connectivity index (χ1n) is 8.26. The first-order chi connectivity index (χ1) is 13.5. The van der Waals surface area contributed by atoms with Gasteiger partial charge in [-0.25, -0.2) is 15.6 Å². The normalized spacial score (nSPS) is 15.8. The standard InChI is InChI=1S/C19H15N3O4S2/c1-25-18(24)14-9-15-13(21(14)10-11-5-3-2-4-6-11)7-12(26-15)8-16-17(23)22(20)19(27)28-16/h2-9H,10,20H2,1H3/b16-8+. The van der Waals surface area contributed by atoms with E-state index in [9.17, 15) is 9.59 Å². The predicted octanol–water partition coefficient (Wildman–Crippen LogP) is 3.14. The molecule has 1 aliphatic heterocycles. The first kappa shape index (κ1) is 18.5. The number of rotatable bonds is 4. The van der Waals surface area contributed by atoms with Crippen molar-refractivity contribution in [3.63, 3.8) is 0 Å². The molecule has 4 rings (SSSR count). The molecule has 2 aromatic heterocycles. The van der Waals surface area contributed by atoms with Gasteiger partial charge in [0.1, 0.15) is 11.5 Å². The van der Waals surface area contributed by atoms with E-state index >= 15 is 0 Å². The van der Waals surface area contributed by atoms with Crippen LogP contribution in [0.15, 0.2) is 51.8 Å². The molecular weight excluding hydrogens is 398 g/mol. The number of ether oxygens (including phenoxy) is 1. The number of benzene rings is 1. The lowest BCUT2D eigenvalue weighted by molar-refractivity contribution is -0.122. The Bertz CT molecular complexity index is 1130. The molecule has 0 aliphatic carbocycles. The van der Waals surface area contributed by atoms with Gasteiger partial charge in [-0.3, -0.25) is 4.79 Å². The summed E-state index contributed by atoms with van der Waals surface area (Å²) in [5.74, 6) is 5.24. The van der Waals surface area contributed by atoms with E-state index in [-0.39, 0.29) is 10.2 Å². The van der Waals surface area contributed by atoms with Crippen LogP contribution >= 0.6 is 24.0 Å². The number of aromatic nitrogens is 1. The van der Waals surface area contributed by atoms with Gasteiger partial charge in [-0.2, -0.15) is 0 Å². The summed E-state index contributed by atoms with van der Waals surface area (Å²) in [6.45, 7) is 0.471. The van der Waals surface area contributed by atoms with Crippen molar-refractivity contribution in [2.75, 3.05) is 7.11 Å². The van der Waals surface area contributed by atoms with Crippen LogP contribution in [0.5, 0.6) is 0 Å². The highest BCUT2D eigenvalue weighted by molar-refractivity contribution is 8.26. The molecule has 1 aromatic carbocycles. The van der Waals surface area contributed by atoms with Gasteiger partial charge < -0.3 is 13.7 Å². The summed E-state index contributed by atoms with van der Waals surface area (Å²) in [6.07, 6.45) is 1.59. The molecule has 142 valence electrons. The van der Waals surface area contributed by atoms with Crippen molar-refractivity contribution in [2.45, 2.75) is 6.54 Å². The van der Waals surface area contributed by atoms with Crippen molar-refractivity contribution < 1.29 is 18.7 Å². The third-order valence-electron chi connectivity index (χ3n) is 4.28. The van der Waals surface area contributed by atoms with E-state index in [2.05, 4.69) is 0 Å². The van der Waals surface area contributed by atoms with Crippen LogP contribution in [0.1, 0.15) is 21.8 Å². The number of thiocarbonyl (C=S) groups is 1. The van der Waals surface area contributed by atoms with Crippen molar-refractivity contribution in [1.29, 1.82) is 0 Å². The molecule has 0 bridgehead atoms. The van der Waals surface area contributed by atoms with Crippen LogP contribution in [0, 0.1) is 0 Å². The van der Waals surface area contributed by atoms with Crippen LogP contribution in [-0.2, 0) is 16.1 Å². The fourth-order valence-electron chi connectivity index (χ4n) is 2.95. The van der Waals surface area contributed by atoms with E-state index in [0.29, 0.717) is 28.5 Å². The third kappa shape index (κ3) is 3.24. The van der Waals surface area contributed by atoms with Gasteiger partial charge in [-0.1, -0.05) is 54.3 Å². The molecule has 0 unspecified atom stereocenters. The fraction of sp³-hybridized carbons (Fsp3) is 0.105. The van der Waals surface area contributed by atoms with Gasteiger partial charge in [0.2, 0.25) is 0 Å². The summed E-state index contributed by atoms with van der Waals surface area (Å²) in [5, 5.41) is 0.930. The number of fused-ring (bicyclic) bond motifs is 1. The highest BCUT2D eigenvalue weighted by atomic mass is 32.2. The van der Waals surface area contributed by atoms with E-state index in [0.717, 1.165) is 27.9 Å². The second-order valence-corrected chi connectivity index (χ2v) is 7.72. The second-order valence-electron chi connectivity index (χ2n) is 6.04. The molecule has 1 aliphatic rings. The molecule has 28 heavy (non-hydrogen) atoms. The van der Waals surface area contributed by atoms with E-state index < -0.39 is 5.97 Å². The Morgan fingerprint density at radius 1 is 1.32 bits per heavy atom. The first-order valence-corrected chi connectivity index (χ1v) is 9.48. The topological polar surface area (TPSA) is 90.7 Å². The lowest BCUT2D eigenvalue weighted by Gasteiger charge is -2.08. The molecule has 0 radical (unpaired) electrons.